The van der Waals surface area contributed by atoms with Crippen molar-refractivity contribution in [1.82, 2.24) is 14.8 Å². The van der Waals surface area contributed by atoms with Crippen LogP contribution < -0.4 is 35.7 Å². The molecule has 0 unspecified atom stereocenters. The molecule has 0 aliphatic heterocycles. The highest BCUT2D eigenvalue weighted by molar-refractivity contribution is 5.98. The number of nitrogens with one attached hydrogen (secondary N) is 3. The van der Waals surface area contributed by atoms with Crippen molar-refractivity contribution in [3.05, 3.63) is 88.1 Å². The van der Waals surface area contributed by atoms with Crippen molar-refractivity contribution in [2.75, 3.05) is 39.9 Å². The van der Waals surface area contributed by atoms with Crippen LogP contribution in [-0.2, 0) is 9.53 Å². The summed E-state index contributed by atoms with van der Waals surface area (Å²) in [6, 6.07) is 16.4. The van der Waals surface area contributed by atoms with Crippen LogP contribution >= 0.6 is 0 Å². The van der Waals surface area contributed by atoms with Gasteiger partial charge in [0.2, 0.25) is 0 Å². The number of hydrogen-bond donors (Lipinski definition) is 4. The molecular weight excluding hydrogens is 544 g/mol. The fourth-order valence-electron chi connectivity index (χ4n) is 4.21. The number of para-hydroxylation sites is 2. The number of H-pyrrole nitrogens is 1. The second-order valence-corrected chi connectivity index (χ2v) is 8.95. The van der Waals surface area contributed by atoms with Crippen LogP contribution in [0.1, 0.15) is 29.9 Å². The number of ether oxygens (including phenoxy) is 5. The van der Waals surface area contributed by atoms with E-state index in [9.17, 15) is 9.59 Å². The highest BCUT2D eigenvalue weighted by Crippen LogP contribution is 2.34. The molecule has 13 heteroatoms. The molecular formula is C29H32N6O7. The maximum absolute atomic E-state index is 13.1. The number of aromatic amines is 1. The van der Waals surface area contributed by atoms with Crippen LogP contribution in [0.15, 0.2) is 65.5 Å². The van der Waals surface area contributed by atoms with Crippen LogP contribution in [0, 0.1) is 5.41 Å². The smallest absolute Gasteiger partial charge is 0.348 e. The van der Waals surface area contributed by atoms with Crippen LogP contribution in [0.2, 0.25) is 0 Å². The third kappa shape index (κ3) is 6.70. The van der Waals surface area contributed by atoms with Gasteiger partial charge in [0.1, 0.15) is 35.7 Å². The van der Waals surface area contributed by atoms with Gasteiger partial charge in [-0.05, 0) is 42.0 Å². The molecule has 1 atom stereocenters. The minimum Gasteiger partial charge on any atom is -0.494 e. The van der Waals surface area contributed by atoms with E-state index in [1.54, 1.807) is 67.8 Å². The first-order valence-electron chi connectivity index (χ1n) is 12.8. The molecule has 0 fully saturated rings. The third-order valence-corrected chi connectivity index (χ3v) is 6.12. The standard InChI is InChI=1S/C29H32N6O7/c1-17(36)42-24-16-19(10-11-20(24)27(30)31)32-26(18-9-12-23(25(15-18)40-4)41-14-13-38-2)28-33-29(37)35(34-28)21-7-5-6-8-22(21)39-3/h5-12,15-16,26,32H,13-14H2,1-4H3,(H3,30,31)(H,33,34,37)/t26-/m0/s1. The van der Waals surface area contributed by atoms with Gasteiger partial charge in [-0.2, -0.15) is 4.68 Å². The molecule has 0 spiro atoms. The summed E-state index contributed by atoms with van der Waals surface area (Å²) in [6.07, 6.45) is 0. The molecule has 4 aromatic rings. The Bertz CT molecular complexity index is 1630. The lowest BCUT2D eigenvalue weighted by atomic mass is 10.0. The lowest BCUT2D eigenvalue weighted by Crippen LogP contribution is -2.17. The number of methoxy groups -OCH3 is 3. The number of nitrogens with zero attached hydrogens (tertiary/aromatic N) is 2. The molecule has 1 aromatic heterocycles. The lowest BCUT2D eigenvalue weighted by Gasteiger charge is -2.21. The first-order valence-corrected chi connectivity index (χ1v) is 12.8. The summed E-state index contributed by atoms with van der Waals surface area (Å²) >= 11 is 0. The minimum atomic E-state index is -0.732. The SMILES string of the molecule is COCCOc1ccc([C@H](Nc2ccc(C(=N)N)c(OC(C)=O)c2)c2nn(-c3ccccc3OC)c(=O)[nH]2)cc1OC. The van der Waals surface area contributed by atoms with Gasteiger partial charge in [0.25, 0.3) is 0 Å². The van der Waals surface area contributed by atoms with E-state index in [4.69, 9.17) is 34.8 Å². The van der Waals surface area contributed by atoms with Gasteiger partial charge < -0.3 is 34.7 Å². The molecule has 42 heavy (non-hydrogen) atoms. The first kappa shape index (κ1) is 29.7. The Balaban J connectivity index is 1.81. The normalized spacial score (nSPS) is 11.4. The Kier molecular flexibility index (Phi) is 9.45. The zero-order chi connectivity index (χ0) is 30.2. The van der Waals surface area contributed by atoms with Gasteiger partial charge in [-0.25, -0.2) is 4.79 Å². The van der Waals surface area contributed by atoms with E-state index < -0.39 is 17.7 Å². The van der Waals surface area contributed by atoms with Gasteiger partial charge in [-0.1, -0.05) is 18.2 Å². The summed E-state index contributed by atoms with van der Waals surface area (Å²) in [4.78, 5) is 27.7. The first-order chi connectivity index (χ1) is 20.2. The van der Waals surface area contributed by atoms with Crippen LogP contribution in [0.25, 0.3) is 5.69 Å². The Morgan fingerprint density at radius 3 is 2.45 bits per heavy atom. The van der Waals surface area contributed by atoms with Crippen molar-refractivity contribution in [2.45, 2.75) is 13.0 Å². The predicted molar refractivity (Wildman–Crippen MR) is 155 cm³/mol. The Labute approximate surface area is 241 Å². The second-order valence-electron chi connectivity index (χ2n) is 8.95. The summed E-state index contributed by atoms with van der Waals surface area (Å²) in [5.41, 5.74) is 7.06. The van der Waals surface area contributed by atoms with Gasteiger partial charge >= 0.3 is 11.7 Å². The molecule has 4 rings (SSSR count). The molecule has 0 aliphatic rings. The molecule has 0 saturated heterocycles. The molecule has 13 nitrogen and oxygen atoms in total. The van der Waals surface area contributed by atoms with Crippen LogP contribution in [0.5, 0.6) is 23.0 Å². The monoisotopic (exact) mass is 576 g/mol. The average molecular weight is 577 g/mol. The topological polar surface area (TPSA) is 176 Å². The molecule has 0 radical (unpaired) electrons. The summed E-state index contributed by atoms with van der Waals surface area (Å²) in [5.74, 6) is 0.967. The van der Waals surface area contributed by atoms with E-state index in [1.165, 1.54) is 25.8 Å². The van der Waals surface area contributed by atoms with E-state index in [0.29, 0.717) is 47.4 Å². The molecule has 5 N–H and O–H groups in total. The minimum absolute atomic E-state index is 0.103. The van der Waals surface area contributed by atoms with Crippen molar-refractivity contribution in [1.29, 1.82) is 5.41 Å². The van der Waals surface area contributed by atoms with Crippen LogP contribution in [-0.4, -0.2) is 61.1 Å². The third-order valence-electron chi connectivity index (χ3n) is 6.12. The number of hydrogen-bond acceptors (Lipinski definition) is 10. The molecule has 0 aliphatic carbocycles. The molecule has 0 bridgehead atoms. The summed E-state index contributed by atoms with van der Waals surface area (Å²) in [6.45, 7) is 1.98. The molecule has 1 heterocycles. The summed E-state index contributed by atoms with van der Waals surface area (Å²) in [7, 11) is 4.62. The van der Waals surface area contributed by atoms with Crippen molar-refractivity contribution in [3.8, 4) is 28.7 Å². The Morgan fingerprint density at radius 1 is 1.00 bits per heavy atom. The second kappa shape index (κ2) is 13.4. The fourth-order valence-corrected chi connectivity index (χ4v) is 4.21. The van der Waals surface area contributed by atoms with Crippen molar-refractivity contribution in [2.24, 2.45) is 5.73 Å². The quantitative estimate of drug-likeness (QED) is 0.0608. The highest BCUT2D eigenvalue weighted by Gasteiger charge is 2.24. The van der Waals surface area contributed by atoms with Gasteiger partial charge in [0, 0.05) is 25.8 Å². The van der Waals surface area contributed by atoms with Crippen molar-refractivity contribution >= 4 is 17.5 Å². The number of anilines is 1. The number of nitrogen functional groups attached to an aromatic ring is 1. The number of esters is 1. The molecule has 0 amide bonds. The number of aromatic nitrogens is 3. The highest BCUT2D eigenvalue weighted by atomic mass is 16.5. The number of benzene rings is 3. The Hall–Kier alpha value is -5.30. The zero-order valence-electron chi connectivity index (χ0n) is 23.6. The molecule has 220 valence electrons. The van der Waals surface area contributed by atoms with Gasteiger partial charge in [-0.15, -0.1) is 5.10 Å². The van der Waals surface area contributed by atoms with E-state index >= 15 is 0 Å². The number of carbonyl (C=O) groups is 1. The van der Waals surface area contributed by atoms with Crippen LogP contribution in [0.3, 0.4) is 0 Å². The number of rotatable bonds is 13. The maximum Gasteiger partial charge on any atom is 0.348 e. The molecule has 3 aromatic carbocycles. The van der Waals surface area contributed by atoms with Crippen molar-refractivity contribution in [3.63, 3.8) is 0 Å². The summed E-state index contributed by atoms with van der Waals surface area (Å²) < 4.78 is 28.4. The molecule has 0 saturated carbocycles. The maximum atomic E-state index is 13.1. The average Bonchev–Trinajstić information content (AvgIpc) is 3.36. The van der Waals surface area contributed by atoms with Gasteiger partial charge in [0.15, 0.2) is 17.3 Å². The van der Waals surface area contributed by atoms with Gasteiger partial charge in [-0.3, -0.25) is 15.2 Å². The van der Waals surface area contributed by atoms with E-state index in [1.807, 2.05) is 0 Å². The predicted octanol–water partition coefficient (Wildman–Crippen LogP) is 3.01. The van der Waals surface area contributed by atoms with Crippen LogP contribution in [0.4, 0.5) is 5.69 Å². The number of carbonyl (C=O) groups excluding carboxylic acids is 1. The van der Waals surface area contributed by atoms with Gasteiger partial charge in [0.05, 0.1) is 26.4 Å². The van der Waals surface area contributed by atoms with E-state index in [2.05, 4.69) is 15.4 Å². The largest absolute Gasteiger partial charge is 0.494 e. The Morgan fingerprint density at radius 2 is 1.76 bits per heavy atom. The van der Waals surface area contributed by atoms with E-state index in [-0.39, 0.29) is 23.0 Å². The summed E-state index contributed by atoms with van der Waals surface area (Å²) in [5, 5.41) is 15.8. The number of amidine groups is 1. The zero-order valence-corrected chi connectivity index (χ0v) is 23.6. The number of nitrogens with two attached hydrogens (primary N) is 1. The fraction of sp³-hybridized carbons (Fsp3) is 0.241. The van der Waals surface area contributed by atoms with E-state index in [0.717, 1.165) is 0 Å². The van der Waals surface area contributed by atoms with Crippen molar-refractivity contribution < 1.29 is 28.5 Å². The lowest BCUT2D eigenvalue weighted by molar-refractivity contribution is -0.131.